The van der Waals surface area contributed by atoms with Crippen LogP contribution in [-0.4, -0.2) is 59.7 Å². The molecule has 6 heteroatoms. The number of ether oxygens (including phenoxy) is 5. The van der Waals surface area contributed by atoms with Crippen LogP contribution in [0.5, 0.6) is 5.75 Å². The lowest BCUT2D eigenvalue weighted by Crippen LogP contribution is -2.39. The Hall–Kier alpha value is -1.18. The second-order valence-corrected chi connectivity index (χ2v) is 5.22. The van der Waals surface area contributed by atoms with Crippen molar-refractivity contribution < 1.29 is 23.7 Å². The minimum absolute atomic E-state index is 0.0432. The topological polar surface area (TPSA) is 58.2 Å². The van der Waals surface area contributed by atoms with Gasteiger partial charge in [-0.15, -0.1) is 0 Å². The highest BCUT2D eigenvalue weighted by Gasteiger charge is 2.37. The summed E-state index contributed by atoms with van der Waals surface area (Å²) in [6.07, 6.45) is 0.737. The zero-order valence-corrected chi connectivity index (χ0v) is 13.4. The van der Waals surface area contributed by atoms with Crippen LogP contribution in [0.15, 0.2) is 24.3 Å². The van der Waals surface area contributed by atoms with E-state index in [9.17, 15) is 0 Å². The molecule has 1 saturated heterocycles. The lowest BCUT2D eigenvalue weighted by molar-refractivity contribution is -0.146. The van der Waals surface area contributed by atoms with Gasteiger partial charge in [0.05, 0.1) is 7.11 Å². The summed E-state index contributed by atoms with van der Waals surface area (Å²) in [6, 6.07) is 8.24. The fraction of sp³-hybridized carbons (Fsp3) is 0.625. The molecule has 6 nitrogen and oxygen atoms in total. The Balaban J connectivity index is 1.97. The monoisotopic (exact) mass is 311 g/mol. The predicted molar refractivity (Wildman–Crippen MR) is 82.0 cm³/mol. The van der Waals surface area contributed by atoms with Crippen LogP contribution in [-0.2, 0) is 25.4 Å². The highest BCUT2D eigenvalue weighted by atomic mass is 16.7. The van der Waals surface area contributed by atoms with Gasteiger partial charge in [0.1, 0.15) is 31.5 Å². The van der Waals surface area contributed by atoms with Crippen LogP contribution >= 0.6 is 0 Å². The molecule has 1 aromatic carbocycles. The average Bonchev–Trinajstić information content (AvgIpc) is 2.93. The van der Waals surface area contributed by atoms with Crippen LogP contribution in [0, 0.1) is 0 Å². The van der Waals surface area contributed by atoms with E-state index in [4.69, 9.17) is 23.7 Å². The fourth-order valence-electron chi connectivity index (χ4n) is 2.64. The van der Waals surface area contributed by atoms with Gasteiger partial charge in [0, 0.05) is 26.8 Å². The van der Waals surface area contributed by atoms with E-state index in [0.29, 0.717) is 0 Å². The van der Waals surface area contributed by atoms with Gasteiger partial charge in [0.15, 0.2) is 0 Å². The van der Waals surface area contributed by atoms with E-state index in [1.807, 2.05) is 12.1 Å². The quantitative estimate of drug-likeness (QED) is 0.691. The van der Waals surface area contributed by atoms with Gasteiger partial charge in [-0.3, -0.25) is 0 Å². The maximum Gasteiger partial charge on any atom is 0.146 e. The lowest BCUT2D eigenvalue weighted by Gasteiger charge is -2.24. The first kappa shape index (κ1) is 17.2. The molecule has 1 aromatic rings. The fourth-order valence-corrected chi connectivity index (χ4v) is 2.64. The van der Waals surface area contributed by atoms with E-state index in [0.717, 1.165) is 18.7 Å². The molecule has 0 bridgehead atoms. The molecule has 1 aliphatic rings. The Morgan fingerprint density at radius 2 is 1.68 bits per heavy atom. The molecule has 1 fully saturated rings. The van der Waals surface area contributed by atoms with Crippen molar-refractivity contribution >= 4 is 0 Å². The van der Waals surface area contributed by atoms with Crippen LogP contribution < -0.4 is 10.1 Å². The van der Waals surface area contributed by atoms with Crippen molar-refractivity contribution in [2.75, 3.05) is 41.5 Å². The molecular weight excluding hydrogens is 286 g/mol. The van der Waals surface area contributed by atoms with Gasteiger partial charge in [-0.25, -0.2) is 0 Å². The summed E-state index contributed by atoms with van der Waals surface area (Å²) >= 11 is 0. The molecule has 0 aliphatic carbocycles. The van der Waals surface area contributed by atoms with Crippen LogP contribution in [0.1, 0.15) is 5.56 Å². The number of hydrogen-bond donors (Lipinski definition) is 1. The van der Waals surface area contributed by atoms with Gasteiger partial charge in [-0.05, 0) is 24.1 Å². The predicted octanol–water partition coefficient (Wildman–Crippen LogP) is 1.19. The Morgan fingerprint density at radius 3 is 2.32 bits per heavy atom. The SMILES string of the molecule is COCOC1CNC(Cc2ccc(OC)cc2)C1OCOC. The van der Waals surface area contributed by atoms with E-state index < -0.39 is 0 Å². The Bertz CT molecular complexity index is 425. The molecule has 3 atom stereocenters. The largest absolute Gasteiger partial charge is 0.497 e. The van der Waals surface area contributed by atoms with Crippen molar-refractivity contribution in [3.8, 4) is 5.75 Å². The van der Waals surface area contributed by atoms with E-state index in [2.05, 4.69) is 17.4 Å². The molecular formula is C16H25NO5. The van der Waals surface area contributed by atoms with Crippen LogP contribution in [0.25, 0.3) is 0 Å². The van der Waals surface area contributed by atoms with Gasteiger partial charge in [-0.1, -0.05) is 12.1 Å². The van der Waals surface area contributed by atoms with Gasteiger partial charge in [0.25, 0.3) is 0 Å². The summed E-state index contributed by atoms with van der Waals surface area (Å²) < 4.78 is 26.7. The standard InChI is InChI=1S/C16H25NO5/c1-18-10-21-15-9-17-14(16(15)22-11-19-2)8-12-4-6-13(20-3)7-5-12/h4-7,14-17H,8-11H2,1-3H3. The van der Waals surface area contributed by atoms with E-state index in [-0.39, 0.29) is 31.8 Å². The molecule has 22 heavy (non-hydrogen) atoms. The molecule has 0 aromatic heterocycles. The summed E-state index contributed by atoms with van der Waals surface area (Å²) in [5.74, 6) is 0.858. The Morgan fingerprint density at radius 1 is 1.00 bits per heavy atom. The van der Waals surface area contributed by atoms with Crippen LogP contribution in [0.3, 0.4) is 0 Å². The van der Waals surface area contributed by atoms with E-state index in [1.165, 1.54) is 5.56 Å². The third-order valence-electron chi connectivity index (χ3n) is 3.74. The summed E-state index contributed by atoms with van der Waals surface area (Å²) in [4.78, 5) is 0. The van der Waals surface area contributed by atoms with Gasteiger partial charge < -0.3 is 29.0 Å². The summed E-state index contributed by atoms with van der Waals surface area (Å²) in [6.45, 7) is 1.24. The zero-order valence-electron chi connectivity index (χ0n) is 13.4. The Kier molecular flexibility index (Phi) is 7.08. The van der Waals surface area contributed by atoms with Gasteiger partial charge in [-0.2, -0.15) is 0 Å². The third kappa shape index (κ3) is 4.66. The number of benzene rings is 1. The maximum atomic E-state index is 5.80. The van der Waals surface area contributed by atoms with Crippen molar-refractivity contribution in [3.05, 3.63) is 29.8 Å². The zero-order chi connectivity index (χ0) is 15.8. The minimum Gasteiger partial charge on any atom is -0.497 e. The van der Waals surface area contributed by atoms with Gasteiger partial charge in [0.2, 0.25) is 0 Å². The number of nitrogens with one attached hydrogen (secondary N) is 1. The normalized spacial score (nSPS) is 24.6. The number of hydrogen-bond acceptors (Lipinski definition) is 6. The highest BCUT2D eigenvalue weighted by Crippen LogP contribution is 2.21. The highest BCUT2D eigenvalue weighted by molar-refractivity contribution is 5.28. The van der Waals surface area contributed by atoms with Gasteiger partial charge >= 0.3 is 0 Å². The molecule has 0 amide bonds. The van der Waals surface area contributed by atoms with E-state index in [1.54, 1.807) is 21.3 Å². The first-order chi connectivity index (χ1) is 10.8. The first-order valence-corrected chi connectivity index (χ1v) is 7.36. The molecule has 1 N–H and O–H groups in total. The van der Waals surface area contributed by atoms with Crippen molar-refractivity contribution in [2.45, 2.75) is 24.7 Å². The molecule has 0 radical (unpaired) electrons. The maximum absolute atomic E-state index is 5.80. The van der Waals surface area contributed by atoms with Crippen LogP contribution in [0.4, 0.5) is 0 Å². The molecule has 124 valence electrons. The molecule has 0 spiro atoms. The molecule has 3 unspecified atom stereocenters. The molecule has 1 heterocycles. The second-order valence-electron chi connectivity index (χ2n) is 5.22. The van der Waals surface area contributed by atoms with Crippen molar-refractivity contribution in [1.82, 2.24) is 5.32 Å². The van der Waals surface area contributed by atoms with Crippen LogP contribution in [0.2, 0.25) is 0 Å². The molecule has 2 rings (SSSR count). The van der Waals surface area contributed by atoms with Crippen molar-refractivity contribution in [1.29, 1.82) is 0 Å². The molecule has 0 saturated carbocycles. The second kappa shape index (κ2) is 9.07. The first-order valence-electron chi connectivity index (χ1n) is 7.36. The smallest absolute Gasteiger partial charge is 0.146 e. The average molecular weight is 311 g/mol. The van der Waals surface area contributed by atoms with E-state index >= 15 is 0 Å². The van der Waals surface area contributed by atoms with Crippen molar-refractivity contribution in [3.63, 3.8) is 0 Å². The summed E-state index contributed by atoms with van der Waals surface area (Å²) in [5, 5.41) is 3.46. The summed E-state index contributed by atoms with van der Waals surface area (Å²) in [5.41, 5.74) is 1.22. The number of methoxy groups -OCH3 is 3. The number of rotatable bonds is 9. The molecule has 1 aliphatic heterocycles. The van der Waals surface area contributed by atoms with Crippen molar-refractivity contribution in [2.24, 2.45) is 0 Å². The summed E-state index contributed by atoms with van der Waals surface area (Å²) in [7, 11) is 4.90. The Labute approximate surface area is 131 Å². The minimum atomic E-state index is -0.0720. The lowest BCUT2D eigenvalue weighted by atomic mass is 10.0. The third-order valence-corrected chi connectivity index (χ3v) is 3.74.